The summed E-state index contributed by atoms with van der Waals surface area (Å²) in [4.78, 5) is 32.4. The number of carbonyl (C=O) groups excluding carboxylic acids is 2. The number of aliphatic imine (C=N–C) groups is 1. The molecular formula is C15H26N8O7S. The van der Waals surface area contributed by atoms with E-state index in [0.29, 0.717) is 23.8 Å². The molecule has 0 spiro atoms. The molecule has 3 amide bonds. The molecule has 0 radical (unpaired) electrons. The minimum absolute atomic E-state index is 0.174. The van der Waals surface area contributed by atoms with Crippen molar-refractivity contribution < 1.29 is 31.7 Å². The lowest BCUT2D eigenvalue weighted by Gasteiger charge is -2.32. The van der Waals surface area contributed by atoms with Gasteiger partial charge in [-0.25, -0.2) is 15.1 Å². The average Bonchev–Trinajstić information content (AvgIpc) is 3.33. The molecule has 0 aliphatic carbocycles. The number of anilines is 1. The summed E-state index contributed by atoms with van der Waals surface area (Å²) in [6, 6.07) is -0.497. The second-order valence-corrected chi connectivity index (χ2v) is 7.43. The van der Waals surface area contributed by atoms with Crippen LogP contribution in [0.4, 0.5) is 15.3 Å². The van der Waals surface area contributed by atoms with E-state index < -0.39 is 22.5 Å². The van der Waals surface area contributed by atoms with Crippen molar-refractivity contribution in [2.24, 2.45) is 12.0 Å². The largest absolute Gasteiger partial charge is 0.431 e. The van der Waals surface area contributed by atoms with Gasteiger partial charge in [-0.05, 0) is 19.9 Å². The third-order valence-electron chi connectivity index (χ3n) is 4.31. The summed E-state index contributed by atoms with van der Waals surface area (Å²) in [7, 11) is -1.54. The summed E-state index contributed by atoms with van der Waals surface area (Å²) < 4.78 is 36.0. The Balaban J connectivity index is 0.000000233. The van der Waals surface area contributed by atoms with Gasteiger partial charge in [-0.2, -0.15) is 13.5 Å². The highest BCUT2D eigenvalue weighted by Gasteiger charge is 2.35. The molecule has 1 aromatic rings. The maximum Gasteiger partial charge on any atom is 0.431 e. The van der Waals surface area contributed by atoms with Crippen LogP contribution in [0.1, 0.15) is 19.0 Å². The molecule has 2 aliphatic heterocycles. The molecule has 4 N–H and O–H groups in total. The molecule has 15 nitrogen and oxygen atoms in total. The van der Waals surface area contributed by atoms with Crippen LogP contribution in [0.2, 0.25) is 0 Å². The van der Waals surface area contributed by atoms with Gasteiger partial charge in [-0.15, -0.1) is 9.35 Å². The van der Waals surface area contributed by atoms with Gasteiger partial charge in [-0.1, -0.05) is 0 Å². The summed E-state index contributed by atoms with van der Waals surface area (Å²) in [6.07, 6.45) is 3.06. The molecule has 3 rings (SSSR count). The summed E-state index contributed by atoms with van der Waals surface area (Å²) in [5, 5.41) is 10.3. The van der Waals surface area contributed by atoms with Gasteiger partial charge in [0.05, 0.1) is 18.4 Å². The van der Waals surface area contributed by atoms with Crippen molar-refractivity contribution in [1.82, 2.24) is 30.8 Å². The molecule has 1 unspecified atom stereocenters. The highest BCUT2D eigenvalue weighted by atomic mass is 32.3. The van der Waals surface area contributed by atoms with Crippen LogP contribution in [0, 0.1) is 0 Å². The van der Waals surface area contributed by atoms with Crippen molar-refractivity contribution in [3.63, 3.8) is 0 Å². The van der Waals surface area contributed by atoms with Crippen LogP contribution in [0.5, 0.6) is 0 Å². The van der Waals surface area contributed by atoms with Crippen LogP contribution >= 0.6 is 0 Å². The number of carbonyl (C=O) groups is 2. The van der Waals surface area contributed by atoms with Gasteiger partial charge in [0.25, 0.3) is 0 Å². The zero-order chi connectivity index (χ0) is 23.0. The van der Waals surface area contributed by atoms with E-state index >= 15 is 0 Å². The Bertz CT molecular complexity index is 897. The number of nitrogens with one attached hydrogen (secondary N) is 3. The molecule has 1 saturated heterocycles. The van der Waals surface area contributed by atoms with Crippen LogP contribution < -0.4 is 21.2 Å². The number of nitrogens with zero attached hydrogens (tertiary/aromatic N) is 5. The van der Waals surface area contributed by atoms with E-state index in [1.165, 1.54) is 22.1 Å². The van der Waals surface area contributed by atoms with E-state index in [9.17, 15) is 18.0 Å². The number of hydrogen-bond donors (Lipinski definition) is 4. The molecule has 3 heterocycles. The summed E-state index contributed by atoms with van der Waals surface area (Å²) in [5.41, 5.74) is 3.09. The first kappa shape index (κ1) is 24.3. The second kappa shape index (κ2) is 10.9. The second-order valence-electron chi connectivity index (χ2n) is 6.42. The van der Waals surface area contributed by atoms with Gasteiger partial charge in [0.1, 0.15) is 12.0 Å². The molecule has 0 saturated carbocycles. The Hall–Kier alpha value is -2.95. The lowest BCUT2D eigenvalue weighted by atomic mass is 10.3. The van der Waals surface area contributed by atoms with Crippen molar-refractivity contribution in [3.05, 3.63) is 11.9 Å². The van der Waals surface area contributed by atoms with Crippen LogP contribution in [-0.4, -0.2) is 78.8 Å². The zero-order valence-electron chi connectivity index (χ0n) is 17.3. The highest BCUT2D eigenvalue weighted by molar-refractivity contribution is 7.81. The fourth-order valence-electron chi connectivity index (χ4n) is 2.80. The lowest BCUT2D eigenvalue weighted by Crippen LogP contribution is -2.47. The van der Waals surface area contributed by atoms with E-state index in [-0.39, 0.29) is 11.7 Å². The molecule has 1 atom stereocenters. The first-order valence-electron chi connectivity index (χ1n) is 9.27. The Labute approximate surface area is 179 Å². The van der Waals surface area contributed by atoms with E-state index in [0.717, 1.165) is 19.5 Å². The summed E-state index contributed by atoms with van der Waals surface area (Å²) in [5.74, 6) is 0. The Morgan fingerprint density at radius 2 is 2.26 bits per heavy atom. The van der Waals surface area contributed by atoms with Gasteiger partial charge in [0.2, 0.25) is 0 Å². The van der Waals surface area contributed by atoms with E-state index in [2.05, 4.69) is 35.3 Å². The van der Waals surface area contributed by atoms with Crippen molar-refractivity contribution in [2.45, 2.75) is 25.9 Å². The molecule has 0 aromatic carbocycles. The first-order valence-corrected chi connectivity index (χ1v) is 10.6. The number of amides is 3. The molecule has 16 heteroatoms. The fourth-order valence-corrected chi connectivity index (χ4v) is 3.14. The first-order chi connectivity index (χ1) is 14.7. The molecule has 174 valence electrons. The quantitative estimate of drug-likeness (QED) is 0.180. The average molecular weight is 462 g/mol. The zero-order valence-corrected chi connectivity index (χ0v) is 18.1. The van der Waals surface area contributed by atoms with Crippen molar-refractivity contribution in [1.29, 1.82) is 0 Å². The highest BCUT2D eigenvalue weighted by Crippen LogP contribution is 2.28. The van der Waals surface area contributed by atoms with Gasteiger partial charge in [-0.3, -0.25) is 14.2 Å². The topological polar surface area (TPSA) is 180 Å². The SMILES string of the molecule is CCN1Cc2c(cnn2C)N(OS(=O)(=O)O)C1=O.CN=CNOC(=O)NC1CCNC1. The Kier molecular flexibility index (Phi) is 8.55. The monoisotopic (exact) mass is 462 g/mol. The number of aromatic nitrogens is 2. The lowest BCUT2D eigenvalue weighted by molar-refractivity contribution is 0.119. The number of urea groups is 1. The predicted molar refractivity (Wildman–Crippen MR) is 108 cm³/mol. The minimum Gasteiger partial charge on any atom is -0.323 e. The molecule has 2 aliphatic rings. The van der Waals surface area contributed by atoms with Crippen molar-refractivity contribution >= 4 is 34.5 Å². The van der Waals surface area contributed by atoms with Gasteiger partial charge < -0.3 is 20.4 Å². The van der Waals surface area contributed by atoms with Crippen molar-refractivity contribution in [2.75, 3.05) is 31.7 Å². The smallest absolute Gasteiger partial charge is 0.323 e. The Morgan fingerprint density at radius 3 is 2.84 bits per heavy atom. The molecule has 31 heavy (non-hydrogen) atoms. The number of hydrogen-bond acceptors (Lipinski definition) is 9. The van der Waals surface area contributed by atoms with E-state index in [4.69, 9.17) is 4.55 Å². The summed E-state index contributed by atoms with van der Waals surface area (Å²) in [6.45, 7) is 4.15. The molecular weight excluding hydrogens is 436 g/mol. The van der Waals surface area contributed by atoms with Crippen molar-refractivity contribution in [3.8, 4) is 0 Å². The third kappa shape index (κ3) is 7.06. The van der Waals surface area contributed by atoms with Gasteiger partial charge in [0.15, 0.2) is 0 Å². The number of fused-ring (bicyclic) bond motifs is 1. The van der Waals surface area contributed by atoms with E-state index in [1.54, 1.807) is 21.0 Å². The normalized spacial score (nSPS) is 18.5. The summed E-state index contributed by atoms with van der Waals surface area (Å²) >= 11 is 0. The maximum absolute atomic E-state index is 11.9. The van der Waals surface area contributed by atoms with Crippen LogP contribution in [-0.2, 0) is 33.1 Å². The van der Waals surface area contributed by atoms with Gasteiger partial charge in [0, 0.05) is 33.2 Å². The van der Waals surface area contributed by atoms with Gasteiger partial charge >= 0.3 is 22.5 Å². The van der Waals surface area contributed by atoms with Crippen LogP contribution in [0.3, 0.4) is 0 Å². The number of hydroxylamine groups is 2. The number of rotatable bonds is 6. The Morgan fingerprint density at radius 1 is 1.52 bits per heavy atom. The van der Waals surface area contributed by atoms with Crippen LogP contribution in [0.25, 0.3) is 0 Å². The van der Waals surface area contributed by atoms with Crippen LogP contribution in [0.15, 0.2) is 11.2 Å². The number of aryl methyl sites for hydroxylation is 1. The third-order valence-corrected chi connectivity index (χ3v) is 4.65. The fraction of sp³-hybridized carbons (Fsp3) is 0.600. The molecule has 1 fully saturated rings. The molecule has 1 aromatic heterocycles. The maximum atomic E-state index is 11.9. The predicted octanol–water partition coefficient (Wildman–Crippen LogP) is -0.846. The standard InChI is InChI=1S/C8H12N4O5S.C7H14N4O2/c1-3-11-5-7-6(4-9-10(7)2)12(8(11)13)17-18(14,15)16;1-8-5-10-13-7(12)11-6-2-3-9-4-6/h4H,3,5H2,1-2H3,(H,14,15,16);5-6,9H,2-4H2,1H3,(H,8,10)(H,11,12). The minimum atomic E-state index is -4.78. The van der Waals surface area contributed by atoms with E-state index in [1.807, 2.05) is 0 Å². The molecule has 0 bridgehead atoms.